The molecular weight excluding hydrogens is 427 g/mol. The SMILES string of the molecule is CNCC(C=N)=Nc1ncc2cnn(CC3=C(F)C(C(=O)N4CCOCC4)=CC(C)C3)c2n1. The number of hydrogen-bond donors (Lipinski definition) is 2. The topological polar surface area (TPSA) is 121 Å². The maximum Gasteiger partial charge on any atom is 0.256 e. The van der Waals surface area contributed by atoms with Crippen molar-refractivity contribution in [3.63, 3.8) is 0 Å². The van der Waals surface area contributed by atoms with Crippen molar-refractivity contribution >= 4 is 34.8 Å². The van der Waals surface area contributed by atoms with Crippen molar-refractivity contribution in [2.24, 2.45) is 10.9 Å². The van der Waals surface area contributed by atoms with Crippen molar-refractivity contribution in [3.8, 4) is 0 Å². The van der Waals surface area contributed by atoms with Gasteiger partial charge >= 0.3 is 0 Å². The van der Waals surface area contributed by atoms with Gasteiger partial charge in [-0.2, -0.15) is 10.1 Å². The molecule has 10 nitrogen and oxygen atoms in total. The zero-order chi connectivity index (χ0) is 23.4. The van der Waals surface area contributed by atoms with Gasteiger partial charge in [0.2, 0.25) is 0 Å². The number of amides is 1. The minimum atomic E-state index is -0.486. The van der Waals surface area contributed by atoms with Gasteiger partial charge < -0.3 is 20.4 Å². The number of ether oxygens (including phenoxy) is 1. The van der Waals surface area contributed by atoms with Gasteiger partial charge in [-0.05, 0) is 25.0 Å². The van der Waals surface area contributed by atoms with Crippen LogP contribution in [0, 0.1) is 11.3 Å². The number of morpholine rings is 1. The fourth-order valence-electron chi connectivity index (χ4n) is 3.96. The first-order chi connectivity index (χ1) is 16.0. The van der Waals surface area contributed by atoms with Crippen LogP contribution in [0.5, 0.6) is 0 Å². The molecule has 3 heterocycles. The number of nitrogens with one attached hydrogen (secondary N) is 2. The van der Waals surface area contributed by atoms with Crippen molar-refractivity contribution < 1.29 is 13.9 Å². The molecule has 1 aliphatic carbocycles. The summed E-state index contributed by atoms with van der Waals surface area (Å²) in [5.41, 5.74) is 1.62. The lowest BCUT2D eigenvalue weighted by atomic mass is 9.90. The number of fused-ring (bicyclic) bond motifs is 1. The van der Waals surface area contributed by atoms with Crippen molar-refractivity contribution in [1.82, 2.24) is 30.0 Å². The lowest BCUT2D eigenvalue weighted by Gasteiger charge is -2.29. The summed E-state index contributed by atoms with van der Waals surface area (Å²) in [6.45, 7) is 4.39. The zero-order valence-corrected chi connectivity index (χ0v) is 18.7. The molecule has 11 heteroatoms. The Morgan fingerprint density at radius 1 is 1.39 bits per heavy atom. The van der Waals surface area contributed by atoms with Crippen LogP contribution in [0.1, 0.15) is 13.3 Å². The second kappa shape index (κ2) is 10.1. The quantitative estimate of drug-likeness (QED) is 0.616. The van der Waals surface area contributed by atoms with Crippen LogP contribution in [0.25, 0.3) is 11.0 Å². The third-order valence-electron chi connectivity index (χ3n) is 5.57. The predicted molar refractivity (Wildman–Crippen MR) is 123 cm³/mol. The Bertz CT molecular complexity index is 1150. The van der Waals surface area contributed by atoms with Crippen LogP contribution in [0.15, 0.2) is 40.4 Å². The van der Waals surface area contributed by atoms with E-state index in [1.807, 2.05) is 6.92 Å². The number of carbonyl (C=O) groups excluding carboxylic acids is 1. The Morgan fingerprint density at radius 2 is 2.18 bits per heavy atom. The highest BCUT2D eigenvalue weighted by Crippen LogP contribution is 2.32. The Labute approximate surface area is 190 Å². The second-order valence-corrected chi connectivity index (χ2v) is 8.11. The summed E-state index contributed by atoms with van der Waals surface area (Å²) in [6.07, 6.45) is 6.57. The van der Waals surface area contributed by atoms with E-state index in [0.29, 0.717) is 61.6 Å². The molecule has 2 N–H and O–H groups in total. The van der Waals surface area contributed by atoms with Crippen LogP contribution in [0.2, 0.25) is 0 Å². The van der Waals surface area contributed by atoms with Crippen LogP contribution in [0.4, 0.5) is 10.3 Å². The van der Waals surface area contributed by atoms with Gasteiger partial charge in [-0.1, -0.05) is 13.0 Å². The Kier molecular flexibility index (Phi) is 6.99. The molecule has 1 atom stereocenters. The summed E-state index contributed by atoms with van der Waals surface area (Å²) < 4.78 is 22.4. The van der Waals surface area contributed by atoms with Crippen LogP contribution in [0.3, 0.4) is 0 Å². The molecule has 174 valence electrons. The number of aliphatic imine (C=N–C) groups is 1. The Hall–Kier alpha value is -3.31. The molecule has 1 saturated heterocycles. The molecular formula is C22H27FN8O2. The van der Waals surface area contributed by atoms with Gasteiger partial charge in [-0.15, -0.1) is 0 Å². The van der Waals surface area contributed by atoms with E-state index >= 15 is 4.39 Å². The molecule has 1 aliphatic heterocycles. The molecule has 1 amide bonds. The number of halogens is 1. The summed E-state index contributed by atoms with van der Waals surface area (Å²) in [5, 5.41) is 15.5. The summed E-state index contributed by atoms with van der Waals surface area (Å²) in [5.74, 6) is -0.561. The number of nitrogens with zero attached hydrogens (tertiary/aromatic N) is 6. The van der Waals surface area contributed by atoms with E-state index in [2.05, 4.69) is 25.4 Å². The lowest BCUT2D eigenvalue weighted by Crippen LogP contribution is -2.42. The van der Waals surface area contributed by atoms with Gasteiger partial charge in [0, 0.05) is 32.0 Å². The van der Waals surface area contributed by atoms with E-state index in [-0.39, 0.29) is 29.9 Å². The fourth-order valence-corrected chi connectivity index (χ4v) is 3.96. The number of hydrogen-bond acceptors (Lipinski definition) is 8. The maximum absolute atomic E-state index is 15.5. The molecule has 0 spiro atoms. The van der Waals surface area contributed by atoms with Crippen LogP contribution in [-0.2, 0) is 16.1 Å². The van der Waals surface area contributed by atoms with Crippen molar-refractivity contribution in [3.05, 3.63) is 35.4 Å². The highest BCUT2D eigenvalue weighted by molar-refractivity contribution is 6.31. The number of allylic oxidation sites excluding steroid dienone is 2. The average Bonchev–Trinajstić information content (AvgIpc) is 3.23. The monoisotopic (exact) mass is 454 g/mol. The first-order valence-electron chi connectivity index (χ1n) is 10.9. The number of aromatic nitrogens is 4. The predicted octanol–water partition coefficient (Wildman–Crippen LogP) is 1.82. The largest absolute Gasteiger partial charge is 0.378 e. The van der Waals surface area contributed by atoms with Crippen molar-refractivity contribution in [2.45, 2.75) is 19.9 Å². The van der Waals surface area contributed by atoms with E-state index in [1.54, 1.807) is 35.1 Å². The van der Waals surface area contributed by atoms with Gasteiger partial charge in [-0.25, -0.2) is 19.0 Å². The molecule has 33 heavy (non-hydrogen) atoms. The summed E-state index contributed by atoms with van der Waals surface area (Å²) >= 11 is 0. The molecule has 2 aromatic heterocycles. The lowest BCUT2D eigenvalue weighted by molar-refractivity contribution is -0.131. The molecule has 2 aliphatic rings. The molecule has 4 rings (SSSR count). The third kappa shape index (κ3) is 5.04. The average molecular weight is 455 g/mol. The second-order valence-electron chi connectivity index (χ2n) is 8.11. The van der Waals surface area contributed by atoms with Crippen molar-refractivity contribution in [1.29, 1.82) is 5.41 Å². The molecule has 0 bridgehead atoms. The van der Waals surface area contributed by atoms with Crippen molar-refractivity contribution in [2.75, 3.05) is 39.9 Å². The maximum atomic E-state index is 15.5. The van der Waals surface area contributed by atoms with Crippen LogP contribution < -0.4 is 5.32 Å². The molecule has 1 fully saturated rings. The van der Waals surface area contributed by atoms with E-state index < -0.39 is 5.83 Å². The van der Waals surface area contributed by atoms with E-state index in [1.165, 1.54) is 0 Å². The van der Waals surface area contributed by atoms with Crippen LogP contribution >= 0.6 is 0 Å². The molecule has 0 radical (unpaired) electrons. The third-order valence-corrected chi connectivity index (χ3v) is 5.57. The highest BCUT2D eigenvalue weighted by atomic mass is 19.1. The van der Waals surface area contributed by atoms with E-state index in [4.69, 9.17) is 10.1 Å². The molecule has 1 unspecified atom stereocenters. The Balaban J connectivity index is 1.62. The van der Waals surface area contributed by atoms with Gasteiger partial charge in [0.1, 0.15) is 5.83 Å². The van der Waals surface area contributed by atoms with Gasteiger partial charge in [-0.3, -0.25) is 4.79 Å². The first kappa shape index (κ1) is 22.9. The summed E-state index contributed by atoms with van der Waals surface area (Å²) in [7, 11) is 1.76. The minimum Gasteiger partial charge on any atom is -0.378 e. The first-order valence-corrected chi connectivity index (χ1v) is 10.9. The normalized spacial score (nSPS) is 19.7. The smallest absolute Gasteiger partial charge is 0.256 e. The van der Waals surface area contributed by atoms with Gasteiger partial charge in [0.05, 0.1) is 42.6 Å². The number of rotatable bonds is 7. The number of carbonyl (C=O) groups is 1. The highest BCUT2D eigenvalue weighted by Gasteiger charge is 2.29. The fraction of sp³-hybridized carbons (Fsp3) is 0.455. The summed E-state index contributed by atoms with van der Waals surface area (Å²) in [6, 6.07) is 0. The molecule has 2 aromatic rings. The van der Waals surface area contributed by atoms with E-state index in [9.17, 15) is 4.79 Å². The van der Waals surface area contributed by atoms with Gasteiger partial charge in [0.25, 0.3) is 11.9 Å². The van der Waals surface area contributed by atoms with Crippen LogP contribution in [-0.4, -0.2) is 82.4 Å². The zero-order valence-electron chi connectivity index (χ0n) is 18.7. The van der Waals surface area contributed by atoms with Gasteiger partial charge in [0.15, 0.2) is 5.65 Å². The standard InChI is InChI=1S/C22H27FN8O2/c1-14-7-15(19(23)18(8-14)21(32)30-3-5-33-6-4-30)13-31-20-16(11-27-31)10-26-22(29-20)28-17(9-24)12-25-2/h8-11,14,24-25H,3-7,12-13H2,1-2H3. The molecule has 0 saturated carbocycles. The summed E-state index contributed by atoms with van der Waals surface area (Å²) in [4.78, 5) is 27.5. The van der Waals surface area contributed by atoms with E-state index in [0.717, 1.165) is 6.21 Å². The minimum absolute atomic E-state index is 0.0211. The Morgan fingerprint density at radius 3 is 2.91 bits per heavy atom. The molecule has 0 aromatic carbocycles.